The summed E-state index contributed by atoms with van der Waals surface area (Å²) in [7, 11) is 0. The van der Waals surface area contributed by atoms with Crippen LogP contribution in [0.4, 0.5) is 4.39 Å². The van der Waals surface area contributed by atoms with Gasteiger partial charge in [-0.1, -0.05) is 70.9 Å². The maximum Gasteiger partial charge on any atom is 0.168 e. The molecule has 0 N–H and O–H groups in total. The predicted octanol–water partition coefficient (Wildman–Crippen LogP) is 7.90. The van der Waals surface area contributed by atoms with Crippen molar-refractivity contribution in [2.45, 2.75) is 84.5 Å². The summed E-state index contributed by atoms with van der Waals surface area (Å²) in [4.78, 5) is 0. The van der Waals surface area contributed by atoms with Crippen LogP contribution >= 0.6 is 0 Å². The van der Waals surface area contributed by atoms with Crippen LogP contribution in [0.15, 0.2) is 30.3 Å². The van der Waals surface area contributed by atoms with Crippen LogP contribution < -0.4 is 9.47 Å². The van der Waals surface area contributed by atoms with Gasteiger partial charge in [-0.05, 0) is 66.1 Å². The second kappa shape index (κ2) is 12.0. The molecule has 2 nitrogen and oxygen atoms in total. The van der Waals surface area contributed by atoms with E-state index < -0.39 is 0 Å². The molecule has 0 bridgehead atoms. The Kier molecular flexibility index (Phi) is 9.04. The Morgan fingerprint density at radius 3 is 2.23 bits per heavy atom. The van der Waals surface area contributed by atoms with Crippen molar-refractivity contribution in [1.29, 1.82) is 0 Å². The number of aryl methyl sites for hydroxylation is 1. The third-order valence-electron chi connectivity index (χ3n) is 5.99. The fourth-order valence-corrected chi connectivity index (χ4v) is 4.17. The van der Waals surface area contributed by atoms with Crippen LogP contribution in [0.3, 0.4) is 0 Å². The second-order valence-corrected chi connectivity index (χ2v) is 8.39. The Bertz CT molecular complexity index is 800. The summed E-state index contributed by atoms with van der Waals surface area (Å²) in [6.07, 6.45) is 12.5. The lowest BCUT2D eigenvalue weighted by atomic mass is 9.85. The van der Waals surface area contributed by atoms with E-state index in [1.165, 1.54) is 44.1 Å². The maximum absolute atomic E-state index is 14.9. The number of ether oxygens (including phenoxy) is 2. The molecule has 0 unspecified atom stereocenters. The molecule has 3 heteroatoms. The molecule has 0 aromatic heterocycles. The largest absolute Gasteiger partial charge is 0.494 e. The highest BCUT2D eigenvalue weighted by Gasteiger charge is 2.22. The van der Waals surface area contributed by atoms with Gasteiger partial charge < -0.3 is 9.47 Å². The monoisotopic (exact) mass is 412 g/mol. The van der Waals surface area contributed by atoms with E-state index in [-0.39, 0.29) is 5.82 Å². The highest BCUT2D eigenvalue weighted by Crippen LogP contribution is 2.39. The minimum Gasteiger partial charge on any atom is -0.494 e. The van der Waals surface area contributed by atoms with Crippen LogP contribution in [0.1, 0.15) is 82.8 Å². The molecule has 0 aliphatic heterocycles. The van der Waals surface area contributed by atoms with Gasteiger partial charge in [0.1, 0.15) is 5.75 Å². The molecule has 0 fully saturated rings. The SMILES string of the molecule is CCCCCCCCCOc1ccc2c(c1)CCc1c-2ccc(OCCCC)c1F. The maximum atomic E-state index is 14.9. The van der Waals surface area contributed by atoms with Gasteiger partial charge in [0.25, 0.3) is 0 Å². The fourth-order valence-electron chi connectivity index (χ4n) is 4.17. The quantitative estimate of drug-likeness (QED) is 0.311. The van der Waals surface area contributed by atoms with Crippen LogP contribution in [0, 0.1) is 5.82 Å². The molecule has 3 rings (SSSR count). The molecule has 0 atom stereocenters. The van der Waals surface area contributed by atoms with Crippen molar-refractivity contribution in [3.8, 4) is 22.6 Å². The van der Waals surface area contributed by atoms with Crippen LogP contribution in [0.2, 0.25) is 0 Å². The topological polar surface area (TPSA) is 18.5 Å². The molecule has 0 radical (unpaired) electrons. The average Bonchev–Trinajstić information content (AvgIpc) is 2.77. The molecule has 2 aromatic carbocycles. The van der Waals surface area contributed by atoms with Gasteiger partial charge in [-0.3, -0.25) is 0 Å². The van der Waals surface area contributed by atoms with Crippen molar-refractivity contribution in [3.05, 3.63) is 47.3 Å². The summed E-state index contributed by atoms with van der Waals surface area (Å²) in [5.74, 6) is 1.14. The van der Waals surface area contributed by atoms with Gasteiger partial charge in [0.05, 0.1) is 13.2 Å². The number of hydrogen-bond donors (Lipinski definition) is 0. The van der Waals surface area contributed by atoms with Crippen LogP contribution in [0.25, 0.3) is 11.1 Å². The Hall–Kier alpha value is -2.03. The van der Waals surface area contributed by atoms with E-state index in [1.54, 1.807) is 6.07 Å². The first-order valence-electron chi connectivity index (χ1n) is 11.9. The van der Waals surface area contributed by atoms with E-state index in [2.05, 4.69) is 26.0 Å². The zero-order chi connectivity index (χ0) is 21.2. The minimum absolute atomic E-state index is 0.187. The molecule has 0 amide bonds. The number of hydrogen-bond acceptors (Lipinski definition) is 2. The van der Waals surface area contributed by atoms with Crippen LogP contribution in [0.5, 0.6) is 11.5 Å². The first-order valence-corrected chi connectivity index (χ1v) is 11.9. The zero-order valence-electron chi connectivity index (χ0n) is 18.8. The number of rotatable bonds is 13. The van der Waals surface area contributed by atoms with E-state index in [9.17, 15) is 4.39 Å². The molecule has 0 heterocycles. The Balaban J connectivity index is 1.56. The fraction of sp³-hybridized carbons (Fsp3) is 0.556. The predicted molar refractivity (Wildman–Crippen MR) is 123 cm³/mol. The summed E-state index contributed by atoms with van der Waals surface area (Å²) in [5.41, 5.74) is 4.15. The lowest BCUT2D eigenvalue weighted by Crippen LogP contribution is -2.09. The zero-order valence-corrected chi connectivity index (χ0v) is 18.8. The van der Waals surface area contributed by atoms with Crippen LogP contribution in [-0.4, -0.2) is 13.2 Å². The van der Waals surface area contributed by atoms with Gasteiger partial charge in [-0.25, -0.2) is 4.39 Å². The van der Waals surface area contributed by atoms with Crippen molar-refractivity contribution in [3.63, 3.8) is 0 Å². The smallest absolute Gasteiger partial charge is 0.168 e. The van der Waals surface area contributed by atoms with Gasteiger partial charge in [-0.2, -0.15) is 0 Å². The van der Waals surface area contributed by atoms with Crippen molar-refractivity contribution in [2.75, 3.05) is 13.2 Å². The minimum atomic E-state index is -0.187. The molecule has 164 valence electrons. The molecule has 30 heavy (non-hydrogen) atoms. The number of fused-ring (bicyclic) bond motifs is 3. The van der Waals surface area contributed by atoms with E-state index in [4.69, 9.17) is 9.47 Å². The lowest BCUT2D eigenvalue weighted by molar-refractivity contribution is 0.293. The highest BCUT2D eigenvalue weighted by atomic mass is 19.1. The molecular formula is C27H37FO2. The van der Waals surface area contributed by atoms with Gasteiger partial charge in [0, 0.05) is 0 Å². The Morgan fingerprint density at radius 1 is 0.733 bits per heavy atom. The standard InChI is InChI=1S/C27H37FO2/c1-3-5-7-8-9-10-11-19-29-22-13-15-23-21(20-22)12-14-25-24(23)16-17-26(27(25)28)30-18-6-4-2/h13,15-17,20H,3-12,14,18-19H2,1-2H3. The molecule has 0 saturated heterocycles. The van der Waals surface area contributed by atoms with Crippen molar-refractivity contribution < 1.29 is 13.9 Å². The van der Waals surface area contributed by atoms with Crippen LogP contribution in [-0.2, 0) is 12.8 Å². The normalized spacial score (nSPS) is 12.4. The van der Waals surface area contributed by atoms with E-state index in [0.717, 1.165) is 54.7 Å². The van der Waals surface area contributed by atoms with Gasteiger partial charge in [0.2, 0.25) is 0 Å². The summed E-state index contributed by atoms with van der Waals surface area (Å²) in [5, 5.41) is 0. The summed E-state index contributed by atoms with van der Waals surface area (Å²) < 4.78 is 26.6. The molecule has 0 saturated carbocycles. The Labute approximate surface area is 181 Å². The first-order chi connectivity index (χ1) is 14.7. The second-order valence-electron chi connectivity index (χ2n) is 8.39. The third-order valence-corrected chi connectivity index (χ3v) is 5.99. The number of unbranched alkanes of at least 4 members (excludes halogenated alkanes) is 7. The van der Waals surface area contributed by atoms with Crippen molar-refractivity contribution in [2.24, 2.45) is 0 Å². The summed E-state index contributed by atoms with van der Waals surface area (Å²) in [6.45, 7) is 5.70. The van der Waals surface area contributed by atoms with E-state index in [1.807, 2.05) is 12.1 Å². The average molecular weight is 413 g/mol. The third kappa shape index (κ3) is 6.00. The van der Waals surface area contributed by atoms with E-state index in [0.29, 0.717) is 18.8 Å². The van der Waals surface area contributed by atoms with Gasteiger partial charge in [0.15, 0.2) is 11.6 Å². The van der Waals surface area contributed by atoms with E-state index >= 15 is 0 Å². The first kappa shape index (κ1) is 22.7. The molecule has 0 spiro atoms. The van der Waals surface area contributed by atoms with Gasteiger partial charge >= 0.3 is 0 Å². The Morgan fingerprint density at radius 2 is 1.43 bits per heavy atom. The molecule has 1 aliphatic rings. The number of halogens is 1. The molecule has 2 aromatic rings. The molecule has 1 aliphatic carbocycles. The van der Waals surface area contributed by atoms with Gasteiger partial charge in [-0.15, -0.1) is 0 Å². The lowest BCUT2D eigenvalue weighted by Gasteiger charge is -2.22. The highest BCUT2D eigenvalue weighted by molar-refractivity contribution is 5.75. The number of benzene rings is 2. The summed E-state index contributed by atoms with van der Waals surface area (Å²) in [6, 6.07) is 10.0. The molecular weight excluding hydrogens is 375 g/mol. The summed E-state index contributed by atoms with van der Waals surface area (Å²) >= 11 is 0. The van der Waals surface area contributed by atoms with Crippen molar-refractivity contribution in [1.82, 2.24) is 0 Å². The van der Waals surface area contributed by atoms with Crippen molar-refractivity contribution >= 4 is 0 Å².